The first-order valence-electron chi connectivity index (χ1n) is 5.45. The van der Waals surface area contributed by atoms with Gasteiger partial charge in [0.25, 0.3) is 0 Å². The van der Waals surface area contributed by atoms with Gasteiger partial charge in [0, 0.05) is 5.39 Å². The lowest BCUT2D eigenvalue weighted by atomic mass is 10.0. The molecule has 0 aliphatic heterocycles. The standard InChI is InChI=1S/C12H12N2O2/c15-12(16)11-9-3-1-2-8(6-7-4-5-7)10(9)13-14-11/h1-3,7H,4-6H2,(H,13,14)(H,15,16). The van der Waals surface area contributed by atoms with Gasteiger partial charge < -0.3 is 5.11 Å². The van der Waals surface area contributed by atoms with Crippen molar-refractivity contribution in [3.05, 3.63) is 29.5 Å². The summed E-state index contributed by atoms with van der Waals surface area (Å²) in [6, 6.07) is 5.74. The van der Waals surface area contributed by atoms with Crippen LogP contribution in [0.15, 0.2) is 18.2 Å². The summed E-state index contributed by atoms with van der Waals surface area (Å²) in [7, 11) is 0. The molecular weight excluding hydrogens is 204 g/mol. The van der Waals surface area contributed by atoms with Gasteiger partial charge in [-0.3, -0.25) is 5.10 Å². The molecule has 16 heavy (non-hydrogen) atoms. The van der Waals surface area contributed by atoms with E-state index in [4.69, 9.17) is 5.11 Å². The molecule has 0 atom stereocenters. The molecule has 1 fully saturated rings. The van der Waals surface area contributed by atoms with Gasteiger partial charge in [-0.2, -0.15) is 5.10 Å². The van der Waals surface area contributed by atoms with Crippen LogP contribution in [0.25, 0.3) is 10.9 Å². The average molecular weight is 216 g/mol. The summed E-state index contributed by atoms with van der Waals surface area (Å²) in [5.41, 5.74) is 2.16. The van der Waals surface area contributed by atoms with Crippen molar-refractivity contribution >= 4 is 16.9 Å². The number of hydrogen-bond acceptors (Lipinski definition) is 2. The Morgan fingerprint density at radius 2 is 2.31 bits per heavy atom. The van der Waals surface area contributed by atoms with Gasteiger partial charge in [0.05, 0.1) is 5.52 Å². The molecule has 4 nitrogen and oxygen atoms in total. The van der Waals surface area contributed by atoms with Gasteiger partial charge in [0.2, 0.25) is 0 Å². The smallest absolute Gasteiger partial charge is 0.354 e. The van der Waals surface area contributed by atoms with Crippen LogP contribution in [-0.2, 0) is 6.42 Å². The Kier molecular flexibility index (Phi) is 1.96. The number of rotatable bonds is 3. The molecule has 4 heteroatoms. The summed E-state index contributed by atoms with van der Waals surface area (Å²) in [6.45, 7) is 0. The molecule has 82 valence electrons. The molecule has 2 N–H and O–H groups in total. The topological polar surface area (TPSA) is 66.0 Å². The van der Waals surface area contributed by atoms with Crippen molar-refractivity contribution in [1.29, 1.82) is 0 Å². The van der Waals surface area contributed by atoms with Crippen LogP contribution in [-0.4, -0.2) is 21.3 Å². The molecule has 1 aromatic carbocycles. The number of carboxylic acids is 1. The highest BCUT2D eigenvalue weighted by Gasteiger charge is 2.23. The third-order valence-electron chi connectivity index (χ3n) is 3.09. The predicted octanol–water partition coefficient (Wildman–Crippen LogP) is 2.21. The minimum absolute atomic E-state index is 0.188. The first-order valence-corrected chi connectivity index (χ1v) is 5.45. The first-order chi connectivity index (χ1) is 7.75. The number of fused-ring (bicyclic) bond motifs is 1. The van der Waals surface area contributed by atoms with Gasteiger partial charge in [-0.1, -0.05) is 18.2 Å². The summed E-state index contributed by atoms with van der Waals surface area (Å²) in [4.78, 5) is 11.0. The van der Waals surface area contributed by atoms with E-state index in [0.29, 0.717) is 5.39 Å². The minimum atomic E-state index is -0.953. The van der Waals surface area contributed by atoms with Crippen LogP contribution in [0.1, 0.15) is 28.9 Å². The Morgan fingerprint density at radius 1 is 1.50 bits per heavy atom. The summed E-state index contributed by atoms with van der Waals surface area (Å²) in [5.74, 6) is -0.179. The number of benzene rings is 1. The van der Waals surface area contributed by atoms with Crippen LogP contribution in [0.5, 0.6) is 0 Å². The van der Waals surface area contributed by atoms with Crippen LogP contribution >= 0.6 is 0 Å². The zero-order chi connectivity index (χ0) is 11.1. The lowest BCUT2D eigenvalue weighted by molar-refractivity contribution is 0.0692. The first kappa shape index (κ1) is 9.39. The zero-order valence-electron chi connectivity index (χ0n) is 8.73. The number of aromatic amines is 1. The third kappa shape index (κ3) is 1.46. The Bertz CT molecular complexity index is 555. The summed E-state index contributed by atoms with van der Waals surface area (Å²) >= 11 is 0. The molecule has 0 saturated heterocycles. The fourth-order valence-electron chi connectivity index (χ4n) is 2.06. The Balaban J connectivity index is 2.12. The highest BCUT2D eigenvalue weighted by molar-refractivity contribution is 6.01. The van der Waals surface area contributed by atoms with E-state index in [9.17, 15) is 4.79 Å². The maximum absolute atomic E-state index is 11.0. The second-order valence-electron chi connectivity index (χ2n) is 4.36. The molecule has 1 aliphatic carbocycles. The van der Waals surface area contributed by atoms with E-state index >= 15 is 0 Å². The van der Waals surface area contributed by atoms with Crippen LogP contribution in [0.3, 0.4) is 0 Å². The van der Waals surface area contributed by atoms with Crippen molar-refractivity contribution in [3.63, 3.8) is 0 Å². The maximum Gasteiger partial charge on any atom is 0.354 e. The highest BCUT2D eigenvalue weighted by atomic mass is 16.4. The number of carbonyl (C=O) groups is 1. The van der Waals surface area contributed by atoms with E-state index in [1.54, 1.807) is 6.07 Å². The van der Waals surface area contributed by atoms with Crippen molar-refractivity contribution in [2.45, 2.75) is 19.3 Å². The lowest BCUT2D eigenvalue weighted by Gasteiger charge is -1.99. The molecule has 0 amide bonds. The van der Waals surface area contributed by atoms with E-state index in [0.717, 1.165) is 23.4 Å². The molecule has 0 bridgehead atoms. The van der Waals surface area contributed by atoms with Crippen molar-refractivity contribution in [1.82, 2.24) is 10.2 Å². The van der Waals surface area contributed by atoms with E-state index in [-0.39, 0.29) is 5.69 Å². The monoisotopic (exact) mass is 216 g/mol. The maximum atomic E-state index is 11.0. The van der Waals surface area contributed by atoms with Crippen molar-refractivity contribution < 1.29 is 9.90 Å². The third-order valence-corrected chi connectivity index (χ3v) is 3.09. The van der Waals surface area contributed by atoms with Crippen LogP contribution in [0.4, 0.5) is 0 Å². The summed E-state index contributed by atoms with van der Waals surface area (Å²) < 4.78 is 0. The molecule has 1 aromatic heterocycles. The zero-order valence-corrected chi connectivity index (χ0v) is 8.73. The van der Waals surface area contributed by atoms with Crippen molar-refractivity contribution in [3.8, 4) is 0 Å². The number of H-pyrrole nitrogens is 1. The fraction of sp³-hybridized carbons (Fsp3) is 0.333. The summed E-state index contributed by atoms with van der Waals surface area (Å²) in [5, 5.41) is 16.4. The van der Waals surface area contributed by atoms with Gasteiger partial charge in [0.1, 0.15) is 0 Å². The van der Waals surface area contributed by atoms with Crippen molar-refractivity contribution in [2.24, 2.45) is 5.92 Å². The van der Waals surface area contributed by atoms with E-state index in [1.165, 1.54) is 12.8 Å². The second-order valence-corrected chi connectivity index (χ2v) is 4.36. The number of para-hydroxylation sites is 1. The number of nitrogens with zero attached hydrogens (tertiary/aromatic N) is 1. The van der Waals surface area contributed by atoms with Gasteiger partial charge >= 0.3 is 5.97 Å². The molecule has 1 saturated carbocycles. The van der Waals surface area contributed by atoms with E-state index in [1.807, 2.05) is 12.1 Å². The van der Waals surface area contributed by atoms with Crippen LogP contribution in [0.2, 0.25) is 0 Å². The van der Waals surface area contributed by atoms with E-state index < -0.39 is 5.97 Å². The average Bonchev–Trinajstić information content (AvgIpc) is 2.95. The second kappa shape index (κ2) is 3.33. The van der Waals surface area contributed by atoms with Gasteiger partial charge in [-0.15, -0.1) is 0 Å². The highest BCUT2D eigenvalue weighted by Crippen LogP contribution is 2.34. The van der Waals surface area contributed by atoms with Gasteiger partial charge in [-0.05, 0) is 30.7 Å². The number of nitrogens with one attached hydrogen (secondary N) is 1. The van der Waals surface area contributed by atoms with Crippen molar-refractivity contribution in [2.75, 3.05) is 0 Å². The number of aromatic carboxylic acids is 1. The largest absolute Gasteiger partial charge is 0.477 e. The molecule has 2 aromatic rings. The van der Waals surface area contributed by atoms with Crippen LogP contribution in [0, 0.1) is 5.92 Å². The molecule has 3 rings (SSSR count). The lowest BCUT2D eigenvalue weighted by Crippen LogP contribution is -1.96. The SMILES string of the molecule is O=C(O)c1[nH]nc2c(CC3CC3)cccc12. The quantitative estimate of drug-likeness (QED) is 0.826. The number of aromatic nitrogens is 2. The summed E-state index contributed by atoms with van der Waals surface area (Å²) in [6.07, 6.45) is 3.58. The van der Waals surface area contributed by atoms with Gasteiger partial charge in [-0.25, -0.2) is 4.79 Å². The molecule has 0 radical (unpaired) electrons. The minimum Gasteiger partial charge on any atom is -0.477 e. The number of carboxylic acid groups (broad SMARTS) is 1. The Morgan fingerprint density at radius 3 is 3.00 bits per heavy atom. The number of hydrogen-bond donors (Lipinski definition) is 2. The molecule has 1 heterocycles. The van der Waals surface area contributed by atoms with Crippen LogP contribution < -0.4 is 0 Å². The van der Waals surface area contributed by atoms with Gasteiger partial charge in [0.15, 0.2) is 5.69 Å². The predicted molar refractivity (Wildman–Crippen MR) is 59.5 cm³/mol. The fourth-order valence-corrected chi connectivity index (χ4v) is 2.06. The molecule has 0 spiro atoms. The molecule has 1 aliphatic rings. The normalized spacial score (nSPS) is 15.5. The molecular formula is C12H12N2O2. The Labute approximate surface area is 92.3 Å². The van der Waals surface area contributed by atoms with E-state index in [2.05, 4.69) is 10.2 Å². The Hall–Kier alpha value is -1.84. The molecule has 0 unspecified atom stereocenters.